The van der Waals surface area contributed by atoms with E-state index in [-0.39, 0.29) is 5.91 Å². The summed E-state index contributed by atoms with van der Waals surface area (Å²) in [5.41, 5.74) is 5.06. The van der Waals surface area contributed by atoms with Crippen molar-refractivity contribution in [3.63, 3.8) is 0 Å². The van der Waals surface area contributed by atoms with Crippen LogP contribution in [0.5, 0.6) is 0 Å². The average molecular weight is 384 g/mol. The smallest absolute Gasteiger partial charge is 0.274 e. The first kappa shape index (κ1) is 19.0. The molecule has 0 saturated heterocycles. The van der Waals surface area contributed by atoms with E-state index in [2.05, 4.69) is 15.1 Å². The van der Waals surface area contributed by atoms with Gasteiger partial charge in [0, 0.05) is 36.1 Å². The minimum Gasteiger partial charge on any atom is -0.336 e. The van der Waals surface area contributed by atoms with Gasteiger partial charge in [-0.05, 0) is 32.4 Å². The van der Waals surface area contributed by atoms with Gasteiger partial charge in [0.25, 0.3) is 5.91 Å². The normalized spacial score (nSPS) is 10.9. The zero-order valence-corrected chi connectivity index (χ0v) is 16.7. The molecule has 3 rings (SSSR count). The van der Waals surface area contributed by atoms with Crippen LogP contribution in [0.1, 0.15) is 38.7 Å². The summed E-state index contributed by atoms with van der Waals surface area (Å²) >= 11 is 6.27. The third-order valence-corrected chi connectivity index (χ3v) is 4.92. The van der Waals surface area contributed by atoms with E-state index in [0.29, 0.717) is 18.8 Å². The van der Waals surface area contributed by atoms with E-state index in [1.165, 1.54) is 6.20 Å². The Balaban J connectivity index is 1.79. The first-order valence-corrected chi connectivity index (χ1v) is 9.05. The summed E-state index contributed by atoms with van der Waals surface area (Å²) in [6.45, 7) is 6.85. The molecule has 0 spiro atoms. The molecule has 140 valence electrons. The van der Waals surface area contributed by atoms with Crippen LogP contribution in [-0.2, 0) is 13.1 Å². The number of halogens is 1. The van der Waals surface area contributed by atoms with Gasteiger partial charge in [-0.3, -0.25) is 14.5 Å². The number of rotatable bonds is 5. The van der Waals surface area contributed by atoms with Gasteiger partial charge in [-0.25, -0.2) is 4.98 Å². The number of hydrogen-bond donors (Lipinski definition) is 0. The first-order chi connectivity index (χ1) is 12.9. The van der Waals surface area contributed by atoms with Crippen molar-refractivity contribution < 1.29 is 4.79 Å². The quantitative estimate of drug-likeness (QED) is 0.675. The Labute approximate surface area is 163 Å². The van der Waals surface area contributed by atoms with E-state index in [0.717, 1.165) is 33.2 Å². The van der Waals surface area contributed by atoms with Crippen molar-refractivity contribution in [2.24, 2.45) is 0 Å². The largest absolute Gasteiger partial charge is 0.336 e. The zero-order valence-electron chi connectivity index (χ0n) is 15.9. The van der Waals surface area contributed by atoms with Crippen molar-refractivity contribution in [2.75, 3.05) is 7.05 Å². The molecule has 3 aromatic rings. The van der Waals surface area contributed by atoms with E-state index in [4.69, 9.17) is 11.6 Å². The number of aryl methyl sites for hydroxylation is 2. The van der Waals surface area contributed by atoms with Crippen molar-refractivity contribution in [2.45, 2.75) is 33.9 Å². The lowest BCUT2D eigenvalue weighted by Crippen LogP contribution is -2.27. The van der Waals surface area contributed by atoms with E-state index < -0.39 is 0 Å². The second kappa shape index (κ2) is 7.88. The summed E-state index contributed by atoms with van der Waals surface area (Å²) in [5, 5.41) is 5.35. The van der Waals surface area contributed by atoms with Crippen molar-refractivity contribution in [1.82, 2.24) is 24.6 Å². The summed E-state index contributed by atoms with van der Waals surface area (Å²) < 4.78 is 1.93. The highest BCUT2D eigenvalue weighted by Crippen LogP contribution is 2.20. The Bertz CT molecular complexity index is 965. The number of carbonyl (C=O) groups is 1. The highest BCUT2D eigenvalue weighted by molar-refractivity contribution is 6.31. The molecule has 1 amide bonds. The van der Waals surface area contributed by atoms with E-state index in [1.807, 2.05) is 49.7 Å². The van der Waals surface area contributed by atoms with Crippen molar-refractivity contribution in [3.8, 4) is 0 Å². The Hall–Kier alpha value is -2.73. The highest BCUT2D eigenvalue weighted by Gasteiger charge is 2.19. The molecule has 0 saturated carbocycles. The summed E-state index contributed by atoms with van der Waals surface area (Å²) in [4.78, 5) is 22.6. The fourth-order valence-electron chi connectivity index (χ4n) is 2.91. The summed E-state index contributed by atoms with van der Waals surface area (Å²) in [5.74, 6) is -0.167. The molecule has 0 aliphatic carbocycles. The molecular weight excluding hydrogens is 362 g/mol. The molecule has 2 heterocycles. The van der Waals surface area contributed by atoms with Gasteiger partial charge in [0.1, 0.15) is 5.69 Å². The summed E-state index contributed by atoms with van der Waals surface area (Å²) in [7, 11) is 1.76. The molecule has 1 aromatic carbocycles. The molecule has 27 heavy (non-hydrogen) atoms. The fraction of sp³-hybridized carbons (Fsp3) is 0.300. The van der Waals surface area contributed by atoms with Crippen LogP contribution in [0.15, 0.2) is 36.7 Å². The maximum absolute atomic E-state index is 12.6. The van der Waals surface area contributed by atoms with Crippen LogP contribution >= 0.6 is 11.6 Å². The molecule has 0 atom stereocenters. The Morgan fingerprint density at radius 1 is 1.15 bits per heavy atom. The van der Waals surface area contributed by atoms with Gasteiger partial charge in [-0.2, -0.15) is 5.10 Å². The lowest BCUT2D eigenvalue weighted by atomic mass is 10.1. The van der Waals surface area contributed by atoms with Crippen LogP contribution in [0.25, 0.3) is 0 Å². The topological polar surface area (TPSA) is 63.9 Å². The zero-order chi connectivity index (χ0) is 19.6. The molecule has 7 heteroatoms. The molecule has 0 N–H and O–H groups in total. The second-order valence-corrected chi connectivity index (χ2v) is 7.01. The molecular formula is C20H22ClN5O. The van der Waals surface area contributed by atoms with Crippen LogP contribution < -0.4 is 0 Å². The predicted molar refractivity (Wildman–Crippen MR) is 105 cm³/mol. The van der Waals surface area contributed by atoms with Crippen LogP contribution in [0, 0.1) is 20.8 Å². The first-order valence-electron chi connectivity index (χ1n) is 8.67. The standard InChI is InChI=1S/C20H22ClN5O/c1-13-9-23-19(10-22-13)20(27)25(4)12-17-14(2)24-26(15(17)3)11-16-7-5-6-8-18(16)21/h5-10H,11-12H2,1-4H3. The van der Waals surface area contributed by atoms with Gasteiger partial charge in [0.05, 0.1) is 24.1 Å². The lowest BCUT2D eigenvalue weighted by Gasteiger charge is -2.17. The summed E-state index contributed by atoms with van der Waals surface area (Å²) in [6.07, 6.45) is 3.11. The van der Waals surface area contributed by atoms with Crippen molar-refractivity contribution >= 4 is 17.5 Å². The SMILES string of the molecule is Cc1cnc(C(=O)N(C)Cc2c(C)nn(Cc3ccccc3Cl)c2C)cn1. The summed E-state index contributed by atoms with van der Waals surface area (Å²) in [6, 6.07) is 7.73. The number of nitrogens with zero attached hydrogens (tertiary/aromatic N) is 5. The van der Waals surface area contributed by atoms with Crippen LogP contribution in [-0.4, -0.2) is 37.6 Å². The lowest BCUT2D eigenvalue weighted by molar-refractivity contribution is 0.0778. The number of amides is 1. The van der Waals surface area contributed by atoms with Crippen molar-refractivity contribution in [1.29, 1.82) is 0 Å². The van der Waals surface area contributed by atoms with E-state index >= 15 is 0 Å². The molecule has 0 unspecified atom stereocenters. The Kier molecular flexibility index (Phi) is 5.56. The van der Waals surface area contributed by atoms with Gasteiger partial charge in [0.15, 0.2) is 0 Å². The minimum absolute atomic E-state index is 0.167. The second-order valence-electron chi connectivity index (χ2n) is 6.60. The van der Waals surface area contributed by atoms with Gasteiger partial charge in [-0.1, -0.05) is 29.8 Å². The van der Waals surface area contributed by atoms with Gasteiger partial charge in [0.2, 0.25) is 0 Å². The number of hydrogen-bond acceptors (Lipinski definition) is 4. The van der Waals surface area contributed by atoms with Crippen LogP contribution in [0.4, 0.5) is 0 Å². The third-order valence-electron chi connectivity index (χ3n) is 4.55. The van der Waals surface area contributed by atoms with Crippen LogP contribution in [0.2, 0.25) is 5.02 Å². The monoisotopic (exact) mass is 383 g/mol. The molecule has 0 bridgehead atoms. The third kappa shape index (κ3) is 4.17. The predicted octanol–water partition coefficient (Wildman–Crippen LogP) is 3.57. The number of aromatic nitrogens is 4. The Morgan fingerprint density at radius 3 is 2.56 bits per heavy atom. The van der Waals surface area contributed by atoms with Gasteiger partial charge < -0.3 is 4.90 Å². The van der Waals surface area contributed by atoms with E-state index in [1.54, 1.807) is 18.1 Å². The molecule has 0 radical (unpaired) electrons. The van der Waals surface area contributed by atoms with Crippen LogP contribution in [0.3, 0.4) is 0 Å². The maximum atomic E-state index is 12.6. The van der Waals surface area contributed by atoms with Gasteiger partial charge in [-0.15, -0.1) is 0 Å². The molecule has 2 aromatic heterocycles. The highest BCUT2D eigenvalue weighted by atomic mass is 35.5. The minimum atomic E-state index is -0.167. The van der Waals surface area contributed by atoms with E-state index in [9.17, 15) is 4.79 Å². The maximum Gasteiger partial charge on any atom is 0.274 e. The molecule has 0 fully saturated rings. The van der Waals surface area contributed by atoms with Gasteiger partial charge >= 0.3 is 0 Å². The number of carbonyl (C=O) groups excluding carboxylic acids is 1. The van der Waals surface area contributed by atoms with Crippen molar-refractivity contribution in [3.05, 3.63) is 75.6 Å². The fourth-order valence-corrected chi connectivity index (χ4v) is 3.11. The molecule has 6 nitrogen and oxygen atoms in total. The number of benzene rings is 1. The molecule has 0 aliphatic rings. The Morgan fingerprint density at radius 2 is 1.89 bits per heavy atom. The average Bonchev–Trinajstić information content (AvgIpc) is 2.91. The molecule has 0 aliphatic heterocycles.